The molecule has 2 aliphatic rings. The number of nitrogens with zero attached hydrogens (tertiary/aromatic N) is 5. The van der Waals surface area contributed by atoms with Gasteiger partial charge >= 0.3 is 0 Å². The number of oxime groups is 1. The molecule has 0 aliphatic carbocycles. The van der Waals surface area contributed by atoms with Crippen LogP contribution in [0, 0.1) is 0 Å². The fraction of sp³-hybridized carbons (Fsp3) is 0.316. The number of nitrogen functional groups attached to an aromatic ring is 1. The van der Waals surface area contributed by atoms with Crippen molar-refractivity contribution in [2.24, 2.45) is 5.16 Å². The lowest BCUT2D eigenvalue weighted by atomic mass is 10.0. The Kier molecular flexibility index (Phi) is 7.33. The molecule has 2 aromatic heterocycles. The van der Waals surface area contributed by atoms with Crippen LogP contribution < -0.4 is 20.7 Å². The largest absolute Gasteiger partial charge is 0.543 e. The van der Waals surface area contributed by atoms with Crippen molar-refractivity contribution in [2.75, 3.05) is 23.7 Å². The van der Waals surface area contributed by atoms with Crippen molar-refractivity contribution in [3.05, 3.63) is 47.7 Å². The molecular weight excluding hydrogens is 502 g/mol. The van der Waals surface area contributed by atoms with E-state index in [1.54, 1.807) is 18.6 Å². The van der Waals surface area contributed by atoms with E-state index in [4.69, 9.17) is 10.6 Å². The van der Waals surface area contributed by atoms with Crippen LogP contribution in [-0.4, -0.2) is 67.1 Å². The van der Waals surface area contributed by atoms with Crippen molar-refractivity contribution in [3.8, 4) is 0 Å². The first kappa shape index (κ1) is 24.0. The van der Waals surface area contributed by atoms with Gasteiger partial charge in [0, 0.05) is 35.0 Å². The van der Waals surface area contributed by atoms with E-state index >= 15 is 0 Å². The lowest BCUT2D eigenvalue weighted by Crippen LogP contribution is -2.71. The summed E-state index contributed by atoms with van der Waals surface area (Å²) in [5.41, 5.74) is 5.76. The molecule has 34 heavy (non-hydrogen) atoms. The van der Waals surface area contributed by atoms with Crippen LogP contribution in [0.5, 0.6) is 0 Å². The van der Waals surface area contributed by atoms with E-state index in [1.165, 1.54) is 23.5 Å². The number of carboxylic acid groups (broad SMARTS) is 1. The van der Waals surface area contributed by atoms with Crippen LogP contribution in [0.1, 0.15) is 5.82 Å². The number of β-lactam (4-membered cyclic amide) rings is 1. The number of rotatable bonds is 9. The molecule has 12 nitrogen and oxygen atoms in total. The van der Waals surface area contributed by atoms with E-state index in [1.807, 2.05) is 22.8 Å². The number of nitrogens with two attached hydrogens (primary N) is 1. The highest BCUT2D eigenvalue weighted by molar-refractivity contribution is 8.00. The van der Waals surface area contributed by atoms with Gasteiger partial charge in [-0.05, 0) is 6.26 Å². The predicted molar refractivity (Wildman–Crippen MR) is 124 cm³/mol. The average Bonchev–Trinajstić information content (AvgIpc) is 3.26. The molecule has 2 amide bonds. The summed E-state index contributed by atoms with van der Waals surface area (Å²) in [6.45, 7) is 0.297. The molecule has 1 fully saturated rings. The van der Waals surface area contributed by atoms with E-state index < -0.39 is 29.2 Å². The van der Waals surface area contributed by atoms with Gasteiger partial charge in [-0.15, -0.1) is 23.5 Å². The van der Waals surface area contributed by atoms with Crippen molar-refractivity contribution >= 4 is 63.7 Å². The van der Waals surface area contributed by atoms with E-state index in [9.17, 15) is 19.5 Å². The predicted octanol–water partition coefficient (Wildman–Crippen LogP) is -1.45. The van der Waals surface area contributed by atoms with Crippen LogP contribution in [-0.2, 0) is 25.8 Å². The zero-order valence-corrected chi connectivity index (χ0v) is 20.2. The fourth-order valence-corrected chi connectivity index (χ4v) is 5.35. The van der Waals surface area contributed by atoms with Crippen LogP contribution in [0.2, 0.25) is 0 Å². The Balaban J connectivity index is 1.52. The third-order valence-electron chi connectivity index (χ3n) is 4.87. The molecule has 15 heteroatoms. The molecule has 0 spiro atoms. The number of pyridine rings is 1. The highest BCUT2D eigenvalue weighted by Gasteiger charge is 2.53. The third kappa shape index (κ3) is 4.85. The maximum Gasteiger partial charge on any atom is 0.278 e. The second kappa shape index (κ2) is 10.4. The van der Waals surface area contributed by atoms with Crippen molar-refractivity contribution in [2.45, 2.75) is 18.0 Å². The summed E-state index contributed by atoms with van der Waals surface area (Å²) in [6, 6.07) is 4.54. The third-order valence-corrected chi connectivity index (χ3v) is 7.10. The molecule has 3 N–H and O–H groups in total. The molecule has 0 aromatic carbocycles. The SMILES string of the molecule is CSCON=C(C(=O)NC1C(=O)N2C(C(=O)[O-])=C(C[n+]3ccccc3)CS[C@@H]12)c1nsc(N)n1. The van der Waals surface area contributed by atoms with Crippen LogP contribution >= 0.6 is 35.1 Å². The summed E-state index contributed by atoms with van der Waals surface area (Å²) in [5.74, 6) is -2.22. The van der Waals surface area contributed by atoms with Gasteiger partial charge in [-0.3, -0.25) is 14.5 Å². The summed E-state index contributed by atoms with van der Waals surface area (Å²) in [6.07, 6.45) is 5.40. The Morgan fingerprint density at radius 1 is 1.41 bits per heavy atom. The second-order valence-electron chi connectivity index (χ2n) is 7.08. The molecule has 178 valence electrons. The fourth-order valence-electron chi connectivity index (χ4n) is 3.42. The number of hydrogen-bond acceptors (Lipinski definition) is 12. The quantitative estimate of drug-likeness (QED) is 0.0995. The minimum atomic E-state index is -1.44. The highest BCUT2D eigenvalue weighted by atomic mass is 32.2. The first-order valence-corrected chi connectivity index (χ1v) is 13.0. The minimum Gasteiger partial charge on any atom is -0.543 e. The summed E-state index contributed by atoms with van der Waals surface area (Å²) < 4.78 is 5.80. The van der Waals surface area contributed by atoms with Crippen molar-refractivity contribution in [1.82, 2.24) is 19.6 Å². The van der Waals surface area contributed by atoms with Crippen LogP contribution in [0.3, 0.4) is 0 Å². The topological polar surface area (TPSA) is 167 Å². The lowest BCUT2D eigenvalue weighted by Gasteiger charge is -2.50. The van der Waals surface area contributed by atoms with Crippen LogP contribution in [0.15, 0.2) is 47.0 Å². The van der Waals surface area contributed by atoms with Crippen molar-refractivity contribution in [3.63, 3.8) is 0 Å². The number of thioether (sulfide) groups is 2. The van der Waals surface area contributed by atoms with Crippen molar-refractivity contribution in [1.29, 1.82) is 0 Å². The van der Waals surface area contributed by atoms with Crippen molar-refractivity contribution < 1.29 is 28.9 Å². The number of nitrogens with one attached hydrogen (secondary N) is 1. The molecule has 0 saturated carbocycles. The number of aromatic nitrogens is 3. The molecule has 2 aromatic rings. The summed E-state index contributed by atoms with van der Waals surface area (Å²) in [5, 5.41) is 17.9. The zero-order valence-electron chi connectivity index (χ0n) is 17.7. The van der Waals surface area contributed by atoms with E-state index in [2.05, 4.69) is 19.8 Å². The van der Waals surface area contributed by atoms with Crippen LogP contribution in [0.25, 0.3) is 0 Å². The standard InChI is InChI=1S/C19H19N7O5S3/c1-32-9-31-23-11(14-22-19(20)34-24-14)15(27)21-12-16(28)26-13(18(29)30)10(8-33-17(12)26)7-25-5-3-2-4-6-25/h2-6,12,17H,7-9H2,1H3,(H3-,20,21,22,24,27,29,30)/t12?,17-/m0/s1. The number of fused-ring (bicyclic) bond motifs is 1. The van der Waals surface area contributed by atoms with Gasteiger partial charge in [-0.25, -0.2) is 4.57 Å². The van der Waals surface area contributed by atoms with Gasteiger partial charge in [-0.2, -0.15) is 9.36 Å². The van der Waals surface area contributed by atoms with E-state index in [-0.39, 0.29) is 28.3 Å². The molecule has 4 rings (SSSR count). The van der Waals surface area contributed by atoms with Gasteiger partial charge in [0.25, 0.3) is 11.8 Å². The molecule has 1 unspecified atom stereocenters. The average molecular weight is 522 g/mol. The first-order chi connectivity index (χ1) is 16.4. The highest BCUT2D eigenvalue weighted by Crippen LogP contribution is 2.40. The number of carboxylic acids is 1. The molecule has 2 aliphatic heterocycles. The Labute approximate surface area is 206 Å². The van der Waals surface area contributed by atoms with E-state index in [0.717, 1.165) is 16.4 Å². The number of carbonyl (C=O) groups excluding carboxylic acids is 3. The Morgan fingerprint density at radius 3 is 2.82 bits per heavy atom. The molecule has 1 saturated heterocycles. The summed E-state index contributed by atoms with van der Waals surface area (Å²) >= 11 is 3.59. The Bertz CT molecular complexity index is 1170. The second-order valence-corrected chi connectivity index (χ2v) is 9.78. The summed E-state index contributed by atoms with van der Waals surface area (Å²) in [7, 11) is 0. The van der Waals surface area contributed by atoms with Gasteiger partial charge in [0.15, 0.2) is 30.0 Å². The maximum atomic E-state index is 12.9. The monoisotopic (exact) mass is 521 g/mol. The van der Waals surface area contributed by atoms with Crippen LogP contribution in [0.4, 0.5) is 5.13 Å². The Morgan fingerprint density at radius 2 is 2.18 bits per heavy atom. The normalized spacial score (nSPS) is 20.0. The molecule has 0 radical (unpaired) electrons. The number of hydrogen-bond donors (Lipinski definition) is 2. The molecular formula is C19H19N7O5S3. The van der Waals surface area contributed by atoms with Gasteiger partial charge < -0.3 is 25.8 Å². The maximum absolute atomic E-state index is 12.9. The van der Waals surface area contributed by atoms with Gasteiger partial charge in [0.05, 0.1) is 11.7 Å². The number of aliphatic carboxylic acids is 1. The zero-order chi connectivity index (χ0) is 24.2. The Hall–Kier alpha value is -3.17. The number of carbonyl (C=O) groups is 3. The molecule has 4 heterocycles. The lowest BCUT2D eigenvalue weighted by molar-refractivity contribution is -0.689. The van der Waals surface area contributed by atoms with E-state index in [0.29, 0.717) is 17.9 Å². The first-order valence-electron chi connectivity index (χ1n) is 9.82. The van der Waals surface area contributed by atoms with Gasteiger partial charge in [-0.1, -0.05) is 11.2 Å². The molecule has 0 bridgehead atoms. The number of anilines is 1. The minimum absolute atomic E-state index is 0.0291. The summed E-state index contributed by atoms with van der Waals surface area (Å²) in [4.78, 5) is 48.0. The van der Waals surface area contributed by atoms with Gasteiger partial charge in [0.1, 0.15) is 11.4 Å². The molecule has 2 atom stereocenters. The van der Waals surface area contributed by atoms with Gasteiger partial charge in [0.2, 0.25) is 11.5 Å². The smallest absolute Gasteiger partial charge is 0.278 e. The number of amides is 2.